The van der Waals surface area contributed by atoms with Gasteiger partial charge in [-0.2, -0.15) is 0 Å². The van der Waals surface area contributed by atoms with Crippen LogP contribution in [0.4, 0.5) is 10.5 Å². The average Bonchev–Trinajstić information content (AvgIpc) is 2.21. The lowest BCUT2D eigenvalue weighted by Gasteiger charge is -2.20. The summed E-state index contributed by atoms with van der Waals surface area (Å²) < 4.78 is 5.10. The van der Waals surface area contributed by atoms with Gasteiger partial charge in [0.05, 0.1) is 12.3 Å². The van der Waals surface area contributed by atoms with E-state index in [0.717, 1.165) is 0 Å². The fourth-order valence-corrected chi connectivity index (χ4v) is 1.35. The Kier molecular flexibility index (Phi) is 4.52. The summed E-state index contributed by atoms with van der Waals surface area (Å²) in [6.45, 7) is 5.32. The zero-order chi connectivity index (χ0) is 13.8. The van der Waals surface area contributed by atoms with E-state index < -0.39 is 11.7 Å². The highest BCUT2D eigenvalue weighted by atomic mass is 16.6. The van der Waals surface area contributed by atoms with Crippen molar-refractivity contribution >= 4 is 11.8 Å². The highest BCUT2D eigenvalue weighted by molar-refractivity contribution is 5.88. The molecule has 0 saturated heterocycles. The molecule has 0 heterocycles. The maximum atomic E-state index is 11.6. The molecule has 1 rings (SSSR count). The number of hydrogen-bond donors (Lipinski definition) is 3. The average molecular weight is 254 g/mol. The first-order valence-corrected chi connectivity index (χ1v) is 5.46. The molecule has 0 saturated carbocycles. The van der Waals surface area contributed by atoms with Crippen LogP contribution >= 0.6 is 0 Å². The largest absolute Gasteiger partial charge is 0.506 e. The van der Waals surface area contributed by atoms with Gasteiger partial charge in [0, 0.05) is 5.56 Å². The summed E-state index contributed by atoms with van der Waals surface area (Å²) in [5, 5.41) is 12.2. The summed E-state index contributed by atoms with van der Waals surface area (Å²) in [5.74, 6) is 4.91. The van der Waals surface area contributed by atoms with Crippen LogP contribution in [0.3, 0.4) is 0 Å². The second kappa shape index (κ2) is 5.70. The second-order valence-electron chi connectivity index (χ2n) is 4.75. The van der Waals surface area contributed by atoms with Gasteiger partial charge in [0.25, 0.3) is 0 Å². The Bertz CT molecular complexity index is 427. The fourth-order valence-electron chi connectivity index (χ4n) is 1.35. The minimum absolute atomic E-state index is 0.0690. The van der Waals surface area contributed by atoms with Crippen LogP contribution in [0, 0.1) is 0 Å². The van der Waals surface area contributed by atoms with Crippen LogP contribution in [0.1, 0.15) is 26.3 Å². The monoisotopic (exact) mass is 254 g/mol. The summed E-state index contributed by atoms with van der Waals surface area (Å²) in [7, 11) is 0. The van der Waals surface area contributed by atoms with Gasteiger partial charge in [-0.25, -0.2) is 10.7 Å². The van der Waals surface area contributed by atoms with E-state index in [1.807, 2.05) is 0 Å². The van der Waals surface area contributed by atoms with Crippen LogP contribution < -0.4 is 11.2 Å². The van der Waals surface area contributed by atoms with Crippen LogP contribution in [-0.2, 0) is 16.2 Å². The standard InChI is InChI=1S/C12H18N2O4/c1-12(2,3)18-11(16)14-10-8(7-17-13)5-4-6-9(10)15/h4-6,15H,7,13H2,1-3H3,(H,14,16). The van der Waals surface area contributed by atoms with Crippen LogP contribution in [0.5, 0.6) is 5.75 Å². The van der Waals surface area contributed by atoms with E-state index in [1.54, 1.807) is 32.9 Å². The number of phenolic OH excluding ortho intramolecular Hbond substituents is 1. The van der Waals surface area contributed by atoms with Gasteiger partial charge < -0.3 is 9.84 Å². The number of hydrogen-bond acceptors (Lipinski definition) is 5. The van der Waals surface area contributed by atoms with Crippen molar-refractivity contribution in [3.8, 4) is 5.75 Å². The van der Waals surface area contributed by atoms with Gasteiger partial charge in [-0.15, -0.1) is 0 Å². The molecule has 0 aromatic heterocycles. The number of para-hydroxylation sites is 1. The topological polar surface area (TPSA) is 93.8 Å². The maximum absolute atomic E-state index is 11.6. The van der Waals surface area contributed by atoms with Crippen molar-refractivity contribution in [1.82, 2.24) is 0 Å². The number of carbonyl (C=O) groups is 1. The summed E-state index contributed by atoms with van der Waals surface area (Å²) in [4.78, 5) is 16.1. The normalized spacial score (nSPS) is 11.1. The Hall–Kier alpha value is -1.79. The van der Waals surface area contributed by atoms with Crippen molar-refractivity contribution < 1.29 is 19.5 Å². The quantitative estimate of drug-likeness (QED) is 0.567. The number of ether oxygens (including phenoxy) is 1. The van der Waals surface area contributed by atoms with Crippen molar-refractivity contribution in [2.24, 2.45) is 5.90 Å². The molecule has 1 amide bonds. The molecule has 0 aliphatic heterocycles. The first-order chi connectivity index (χ1) is 8.33. The van der Waals surface area contributed by atoms with E-state index in [-0.39, 0.29) is 18.0 Å². The minimum Gasteiger partial charge on any atom is -0.506 e. The first-order valence-electron chi connectivity index (χ1n) is 5.46. The smallest absolute Gasteiger partial charge is 0.412 e. The van der Waals surface area contributed by atoms with Crippen LogP contribution in [-0.4, -0.2) is 16.8 Å². The van der Waals surface area contributed by atoms with E-state index in [9.17, 15) is 9.90 Å². The Labute approximate surface area is 106 Å². The molecule has 6 heteroatoms. The van der Waals surface area contributed by atoms with Crippen molar-refractivity contribution in [1.29, 1.82) is 0 Å². The lowest BCUT2D eigenvalue weighted by Crippen LogP contribution is -2.27. The fraction of sp³-hybridized carbons (Fsp3) is 0.417. The van der Waals surface area contributed by atoms with E-state index in [0.29, 0.717) is 5.56 Å². The lowest BCUT2D eigenvalue weighted by atomic mass is 10.1. The predicted octanol–water partition coefficient (Wildman–Crippen LogP) is 2.13. The highest BCUT2D eigenvalue weighted by Crippen LogP contribution is 2.28. The van der Waals surface area contributed by atoms with Crippen LogP contribution in [0.25, 0.3) is 0 Å². The molecule has 0 radical (unpaired) electrons. The van der Waals surface area contributed by atoms with E-state index in [1.165, 1.54) is 6.07 Å². The summed E-state index contributed by atoms with van der Waals surface area (Å²) in [6, 6.07) is 4.76. The Morgan fingerprint density at radius 1 is 1.44 bits per heavy atom. The van der Waals surface area contributed by atoms with Gasteiger partial charge in [-0.3, -0.25) is 10.2 Å². The lowest BCUT2D eigenvalue weighted by molar-refractivity contribution is 0.0634. The molecule has 1 aromatic carbocycles. The molecule has 1 aromatic rings. The van der Waals surface area contributed by atoms with Crippen molar-refractivity contribution in [2.45, 2.75) is 33.0 Å². The highest BCUT2D eigenvalue weighted by Gasteiger charge is 2.18. The minimum atomic E-state index is -0.651. The molecule has 0 aliphatic rings. The molecule has 0 unspecified atom stereocenters. The molecule has 0 atom stereocenters. The molecule has 4 N–H and O–H groups in total. The summed E-state index contributed by atoms with van der Waals surface area (Å²) in [6.07, 6.45) is -0.651. The van der Waals surface area contributed by atoms with Crippen LogP contribution in [0.2, 0.25) is 0 Å². The number of amides is 1. The number of carbonyl (C=O) groups excluding carboxylic acids is 1. The van der Waals surface area contributed by atoms with E-state index in [4.69, 9.17) is 10.6 Å². The van der Waals surface area contributed by atoms with Gasteiger partial charge in [-0.05, 0) is 26.8 Å². The number of nitrogens with one attached hydrogen (secondary N) is 1. The van der Waals surface area contributed by atoms with Crippen molar-refractivity contribution in [3.05, 3.63) is 23.8 Å². The van der Waals surface area contributed by atoms with Crippen LogP contribution in [0.15, 0.2) is 18.2 Å². The molecule has 0 bridgehead atoms. The molecule has 0 aliphatic carbocycles. The zero-order valence-electron chi connectivity index (χ0n) is 10.7. The van der Waals surface area contributed by atoms with Gasteiger partial charge in [0.15, 0.2) is 0 Å². The molecule has 0 fully saturated rings. The van der Waals surface area contributed by atoms with Gasteiger partial charge in [-0.1, -0.05) is 12.1 Å². The first kappa shape index (κ1) is 14.3. The SMILES string of the molecule is CC(C)(C)OC(=O)Nc1c(O)cccc1CON. The van der Waals surface area contributed by atoms with Gasteiger partial charge in [0.1, 0.15) is 11.4 Å². The predicted molar refractivity (Wildman–Crippen MR) is 66.9 cm³/mol. The number of rotatable bonds is 3. The third-order valence-corrected chi connectivity index (χ3v) is 1.99. The summed E-state index contributed by atoms with van der Waals surface area (Å²) >= 11 is 0. The number of anilines is 1. The van der Waals surface area contributed by atoms with Crippen molar-refractivity contribution in [3.63, 3.8) is 0 Å². The summed E-state index contributed by atoms with van der Waals surface area (Å²) in [5.41, 5.74) is 0.180. The Morgan fingerprint density at radius 2 is 2.11 bits per heavy atom. The van der Waals surface area contributed by atoms with Crippen molar-refractivity contribution in [2.75, 3.05) is 5.32 Å². The van der Waals surface area contributed by atoms with E-state index in [2.05, 4.69) is 10.2 Å². The molecule has 0 spiro atoms. The Morgan fingerprint density at radius 3 is 2.67 bits per heavy atom. The second-order valence-corrected chi connectivity index (χ2v) is 4.75. The molecule has 6 nitrogen and oxygen atoms in total. The Balaban J connectivity index is 2.86. The zero-order valence-corrected chi connectivity index (χ0v) is 10.7. The number of phenols is 1. The van der Waals surface area contributed by atoms with E-state index >= 15 is 0 Å². The third kappa shape index (κ3) is 4.23. The molecular weight excluding hydrogens is 236 g/mol. The third-order valence-electron chi connectivity index (χ3n) is 1.99. The molecular formula is C12H18N2O4. The number of aromatic hydroxyl groups is 1. The molecule has 18 heavy (non-hydrogen) atoms. The van der Waals surface area contributed by atoms with Gasteiger partial charge in [0.2, 0.25) is 0 Å². The molecule has 100 valence electrons. The maximum Gasteiger partial charge on any atom is 0.412 e. The number of benzene rings is 1. The number of nitrogens with two attached hydrogens (primary N) is 1. The van der Waals surface area contributed by atoms with Gasteiger partial charge >= 0.3 is 6.09 Å².